The summed E-state index contributed by atoms with van der Waals surface area (Å²) in [5.41, 5.74) is 0.171. The van der Waals surface area contributed by atoms with Gasteiger partial charge in [0.2, 0.25) is 15.9 Å². The lowest BCUT2D eigenvalue weighted by Crippen LogP contribution is -2.29. The number of rotatable bonds is 8. The van der Waals surface area contributed by atoms with E-state index in [1.807, 2.05) is 30.3 Å². The molecule has 1 heterocycles. The Morgan fingerprint density at radius 1 is 0.967 bits per heavy atom. The van der Waals surface area contributed by atoms with Crippen molar-refractivity contribution in [3.63, 3.8) is 0 Å². The van der Waals surface area contributed by atoms with Gasteiger partial charge in [-0.05, 0) is 29.8 Å². The predicted octanol–water partition coefficient (Wildman–Crippen LogP) is 1.04. The first-order chi connectivity index (χ1) is 14.3. The first-order valence-electron chi connectivity index (χ1n) is 9.07. The summed E-state index contributed by atoms with van der Waals surface area (Å²) in [5, 5.41) is 2.64. The number of benzene rings is 2. The van der Waals surface area contributed by atoms with Gasteiger partial charge in [-0.1, -0.05) is 30.3 Å². The standard InChI is InChI=1S/C20H20N4O5S/c25-18(10-12-24-13-11-19(26)23-20(24)27)22-16-6-8-17(9-7-16)30(28,29)21-14-15-4-2-1-3-5-15/h1-9,11,13,21H,10,12,14H2,(H,22,25)(H,23,26,27). The first-order valence-corrected chi connectivity index (χ1v) is 10.5. The van der Waals surface area contributed by atoms with Crippen molar-refractivity contribution in [1.29, 1.82) is 0 Å². The first kappa shape index (κ1) is 21.2. The van der Waals surface area contributed by atoms with Gasteiger partial charge in [0, 0.05) is 37.5 Å². The molecule has 0 aliphatic heterocycles. The number of aromatic nitrogens is 2. The summed E-state index contributed by atoms with van der Waals surface area (Å²) in [6.07, 6.45) is 1.32. The number of aromatic amines is 1. The van der Waals surface area contributed by atoms with Crippen molar-refractivity contribution in [3.8, 4) is 0 Å². The highest BCUT2D eigenvalue weighted by molar-refractivity contribution is 7.89. The van der Waals surface area contributed by atoms with Crippen molar-refractivity contribution in [3.05, 3.63) is 93.3 Å². The molecule has 3 N–H and O–H groups in total. The van der Waals surface area contributed by atoms with Crippen LogP contribution in [0.3, 0.4) is 0 Å². The molecule has 0 saturated heterocycles. The number of sulfonamides is 1. The lowest BCUT2D eigenvalue weighted by atomic mass is 10.2. The SMILES string of the molecule is O=C(CCn1ccc(=O)[nH]c1=O)Nc1ccc(S(=O)(=O)NCc2ccccc2)cc1. The molecule has 0 saturated carbocycles. The van der Waals surface area contributed by atoms with Gasteiger partial charge in [0.25, 0.3) is 5.56 Å². The lowest BCUT2D eigenvalue weighted by Gasteiger charge is -2.09. The van der Waals surface area contributed by atoms with Gasteiger partial charge in [-0.15, -0.1) is 0 Å². The smallest absolute Gasteiger partial charge is 0.326 e. The highest BCUT2D eigenvalue weighted by Crippen LogP contribution is 2.15. The summed E-state index contributed by atoms with van der Waals surface area (Å²) in [6, 6.07) is 16.1. The summed E-state index contributed by atoms with van der Waals surface area (Å²) in [7, 11) is -3.69. The Labute approximate surface area is 172 Å². The van der Waals surface area contributed by atoms with Gasteiger partial charge in [0.05, 0.1) is 4.90 Å². The molecule has 0 radical (unpaired) electrons. The molecule has 0 fully saturated rings. The second-order valence-corrected chi connectivity index (χ2v) is 8.20. The van der Waals surface area contributed by atoms with Gasteiger partial charge < -0.3 is 9.88 Å². The van der Waals surface area contributed by atoms with Crippen LogP contribution in [-0.2, 0) is 27.9 Å². The fourth-order valence-corrected chi connectivity index (χ4v) is 3.66. The lowest BCUT2D eigenvalue weighted by molar-refractivity contribution is -0.116. The second kappa shape index (κ2) is 9.33. The molecule has 3 rings (SSSR count). The number of nitrogens with one attached hydrogen (secondary N) is 3. The summed E-state index contributed by atoms with van der Waals surface area (Å²) >= 11 is 0. The molecule has 0 aliphatic rings. The third-order valence-corrected chi connectivity index (χ3v) is 5.65. The maximum absolute atomic E-state index is 12.4. The molecule has 0 spiro atoms. The van der Waals surface area contributed by atoms with E-state index >= 15 is 0 Å². The van der Waals surface area contributed by atoms with Gasteiger partial charge >= 0.3 is 5.69 Å². The monoisotopic (exact) mass is 428 g/mol. The average molecular weight is 428 g/mol. The molecule has 1 aromatic heterocycles. The molecular formula is C20H20N4O5S. The van der Waals surface area contributed by atoms with Crippen LogP contribution in [0.25, 0.3) is 0 Å². The number of nitrogens with zero attached hydrogens (tertiary/aromatic N) is 1. The predicted molar refractivity (Wildman–Crippen MR) is 111 cm³/mol. The van der Waals surface area contributed by atoms with Crippen LogP contribution in [0.5, 0.6) is 0 Å². The van der Waals surface area contributed by atoms with Crippen LogP contribution in [0, 0.1) is 0 Å². The Morgan fingerprint density at radius 3 is 2.33 bits per heavy atom. The number of aryl methyl sites for hydroxylation is 1. The second-order valence-electron chi connectivity index (χ2n) is 6.44. The fraction of sp³-hybridized carbons (Fsp3) is 0.150. The molecule has 0 atom stereocenters. The molecule has 156 valence electrons. The summed E-state index contributed by atoms with van der Waals surface area (Å²) in [6.45, 7) is 0.267. The van der Waals surface area contributed by atoms with Crippen LogP contribution in [0.2, 0.25) is 0 Å². The van der Waals surface area contributed by atoms with E-state index in [2.05, 4.69) is 15.0 Å². The number of amides is 1. The number of hydrogen-bond acceptors (Lipinski definition) is 5. The molecule has 1 amide bonds. The number of hydrogen-bond donors (Lipinski definition) is 3. The third-order valence-electron chi connectivity index (χ3n) is 4.23. The minimum absolute atomic E-state index is 0.00459. The molecule has 9 nitrogen and oxygen atoms in total. The van der Waals surface area contributed by atoms with Gasteiger partial charge in [-0.25, -0.2) is 17.9 Å². The van der Waals surface area contributed by atoms with E-state index in [1.165, 1.54) is 41.1 Å². The van der Waals surface area contributed by atoms with E-state index in [0.29, 0.717) is 5.69 Å². The van der Waals surface area contributed by atoms with Gasteiger partial charge in [-0.3, -0.25) is 14.6 Å². The zero-order chi connectivity index (χ0) is 21.6. The number of H-pyrrole nitrogens is 1. The third kappa shape index (κ3) is 5.75. The summed E-state index contributed by atoms with van der Waals surface area (Å²) in [5.74, 6) is -0.356. The largest absolute Gasteiger partial charge is 0.328 e. The maximum Gasteiger partial charge on any atom is 0.328 e. The summed E-state index contributed by atoms with van der Waals surface area (Å²) in [4.78, 5) is 36.9. The molecular weight excluding hydrogens is 408 g/mol. The quantitative estimate of drug-likeness (QED) is 0.494. The Balaban J connectivity index is 1.56. The van der Waals surface area contributed by atoms with E-state index in [9.17, 15) is 22.8 Å². The minimum atomic E-state index is -3.69. The molecule has 0 aliphatic carbocycles. The van der Waals surface area contributed by atoms with Crippen molar-refractivity contribution < 1.29 is 13.2 Å². The number of anilines is 1. The number of carbonyl (C=O) groups is 1. The van der Waals surface area contributed by atoms with E-state index in [4.69, 9.17) is 0 Å². The molecule has 2 aromatic carbocycles. The normalized spacial score (nSPS) is 11.2. The fourth-order valence-electron chi connectivity index (χ4n) is 2.64. The highest BCUT2D eigenvalue weighted by Gasteiger charge is 2.14. The highest BCUT2D eigenvalue weighted by atomic mass is 32.2. The number of carbonyl (C=O) groups excluding carboxylic acids is 1. The summed E-state index contributed by atoms with van der Waals surface area (Å²) < 4.78 is 28.5. The molecule has 0 unspecified atom stereocenters. The Kier molecular flexibility index (Phi) is 6.60. The molecule has 0 bridgehead atoms. The van der Waals surface area contributed by atoms with Crippen LogP contribution in [-0.4, -0.2) is 23.9 Å². The van der Waals surface area contributed by atoms with E-state index < -0.39 is 21.3 Å². The van der Waals surface area contributed by atoms with Crippen LogP contribution in [0.4, 0.5) is 5.69 Å². The van der Waals surface area contributed by atoms with Crippen LogP contribution < -0.4 is 21.3 Å². The Bertz CT molecular complexity index is 1230. The van der Waals surface area contributed by atoms with Gasteiger partial charge in [0.1, 0.15) is 0 Å². The van der Waals surface area contributed by atoms with Crippen molar-refractivity contribution in [1.82, 2.24) is 14.3 Å². The van der Waals surface area contributed by atoms with Crippen molar-refractivity contribution >= 4 is 21.6 Å². The zero-order valence-corrected chi connectivity index (χ0v) is 16.7. The zero-order valence-electron chi connectivity index (χ0n) is 15.9. The van der Waals surface area contributed by atoms with Crippen LogP contribution in [0.1, 0.15) is 12.0 Å². The van der Waals surface area contributed by atoms with Crippen LogP contribution in [0.15, 0.2) is 81.3 Å². The van der Waals surface area contributed by atoms with Crippen molar-refractivity contribution in [2.24, 2.45) is 0 Å². The van der Waals surface area contributed by atoms with Crippen molar-refractivity contribution in [2.45, 2.75) is 24.4 Å². The Morgan fingerprint density at radius 2 is 1.67 bits per heavy atom. The topological polar surface area (TPSA) is 130 Å². The van der Waals surface area contributed by atoms with Gasteiger partial charge in [0.15, 0.2) is 0 Å². The maximum atomic E-state index is 12.4. The van der Waals surface area contributed by atoms with E-state index in [1.54, 1.807) is 0 Å². The molecule has 30 heavy (non-hydrogen) atoms. The van der Waals surface area contributed by atoms with Gasteiger partial charge in [-0.2, -0.15) is 0 Å². The van der Waals surface area contributed by atoms with Crippen molar-refractivity contribution in [2.75, 3.05) is 5.32 Å². The van der Waals surface area contributed by atoms with E-state index in [-0.39, 0.29) is 30.3 Å². The molecule has 3 aromatic rings. The molecule has 10 heteroatoms. The Hall–Kier alpha value is -3.50. The average Bonchev–Trinajstić information content (AvgIpc) is 2.73. The van der Waals surface area contributed by atoms with Crippen LogP contribution >= 0.6 is 0 Å². The van der Waals surface area contributed by atoms with E-state index in [0.717, 1.165) is 5.56 Å². The minimum Gasteiger partial charge on any atom is -0.326 e.